The van der Waals surface area contributed by atoms with Crippen molar-refractivity contribution in [3.05, 3.63) is 23.8 Å². The second kappa shape index (κ2) is 5.46. The van der Waals surface area contributed by atoms with Crippen molar-refractivity contribution in [2.45, 2.75) is 33.1 Å². The van der Waals surface area contributed by atoms with Gasteiger partial charge in [0.1, 0.15) is 0 Å². The highest BCUT2D eigenvalue weighted by Crippen LogP contribution is 2.34. The molecule has 1 heterocycles. The first-order chi connectivity index (χ1) is 9.57. The van der Waals surface area contributed by atoms with E-state index in [1.165, 1.54) is 17.4 Å². The van der Waals surface area contributed by atoms with Crippen molar-refractivity contribution in [3.8, 4) is 0 Å². The maximum absolute atomic E-state index is 12.6. The Morgan fingerprint density at radius 3 is 2.52 bits per heavy atom. The van der Waals surface area contributed by atoms with Gasteiger partial charge in [-0.2, -0.15) is 13.2 Å². The van der Waals surface area contributed by atoms with E-state index in [-0.39, 0.29) is 5.41 Å². The van der Waals surface area contributed by atoms with Crippen LogP contribution in [0.5, 0.6) is 0 Å². The molecule has 1 aromatic carbocycles. The maximum atomic E-state index is 12.6. The van der Waals surface area contributed by atoms with E-state index in [0.29, 0.717) is 21.9 Å². The Bertz CT molecular complexity index is 631. The van der Waals surface area contributed by atoms with Gasteiger partial charge >= 0.3 is 6.18 Å². The van der Waals surface area contributed by atoms with Crippen LogP contribution in [0.15, 0.2) is 18.2 Å². The van der Waals surface area contributed by atoms with Crippen LogP contribution < -0.4 is 5.32 Å². The molecule has 0 aliphatic heterocycles. The van der Waals surface area contributed by atoms with Crippen molar-refractivity contribution in [3.63, 3.8) is 0 Å². The molecule has 0 amide bonds. The van der Waals surface area contributed by atoms with Gasteiger partial charge in [-0.15, -0.1) is 0 Å². The van der Waals surface area contributed by atoms with Crippen LogP contribution in [0.2, 0.25) is 0 Å². The fourth-order valence-corrected chi connectivity index (χ4v) is 2.52. The van der Waals surface area contributed by atoms with Crippen LogP contribution in [-0.4, -0.2) is 22.7 Å². The Morgan fingerprint density at radius 2 is 1.95 bits per heavy atom. The molecule has 2 N–H and O–H groups in total. The summed E-state index contributed by atoms with van der Waals surface area (Å²) < 4.78 is 38.6. The van der Waals surface area contributed by atoms with Crippen molar-refractivity contribution in [1.82, 2.24) is 4.98 Å². The summed E-state index contributed by atoms with van der Waals surface area (Å²) in [5.41, 5.74) is -0.670. The summed E-state index contributed by atoms with van der Waals surface area (Å²) >= 11 is 1.27. The normalized spacial score (nSPS) is 14.4. The van der Waals surface area contributed by atoms with Gasteiger partial charge in [0.2, 0.25) is 0 Å². The monoisotopic (exact) mass is 318 g/mol. The first-order valence-corrected chi connectivity index (χ1v) is 7.29. The quantitative estimate of drug-likeness (QED) is 0.894. The predicted molar refractivity (Wildman–Crippen MR) is 78.6 cm³/mol. The van der Waals surface area contributed by atoms with Gasteiger partial charge in [-0.05, 0) is 23.6 Å². The molecule has 2 rings (SSSR count). The van der Waals surface area contributed by atoms with E-state index in [0.717, 1.165) is 12.1 Å². The minimum Gasteiger partial charge on any atom is -0.391 e. The third kappa shape index (κ3) is 3.85. The molecule has 0 fully saturated rings. The molecule has 0 aliphatic carbocycles. The molecule has 1 atom stereocenters. The van der Waals surface area contributed by atoms with Crippen LogP contribution in [0.25, 0.3) is 10.2 Å². The van der Waals surface area contributed by atoms with Crippen LogP contribution >= 0.6 is 11.3 Å². The minimum absolute atomic E-state index is 0.271. The van der Waals surface area contributed by atoms with Crippen molar-refractivity contribution in [2.75, 3.05) is 11.9 Å². The molecule has 0 spiro atoms. The second-order valence-corrected chi connectivity index (χ2v) is 6.99. The first-order valence-electron chi connectivity index (χ1n) is 6.47. The Hall–Kier alpha value is -1.34. The molecule has 0 bridgehead atoms. The highest BCUT2D eigenvalue weighted by molar-refractivity contribution is 7.22. The third-order valence-electron chi connectivity index (χ3n) is 3.16. The lowest BCUT2D eigenvalue weighted by Gasteiger charge is -2.25. The molecule has 1 aromatic heterocycles. The lowest BCUT2D eigenvalue weighted by molar-refractivity contribution is -0.137. The van der Waals surface area contributed by atoms with Crippen LogP contribution in [-0.2, 0) is 6.18 Å². The summed E-state index contributed by atoms with van der Waals surface area (Å²) in [5.74, 6) is 0. The standard InChI is InChI=1S/C14H17F3N2OS/c1-13(2,3)11(20)7-18-12-19-9-6-8(14(15,16)17)4-5-10(9)21-12/h4-6,11,20H,7H2,1-3H3,(H,18,19). The van der Waals surface area contributed by atoms with Gasteiger partial charge in [0.15, 0.2) is 5.13 Å². The number of thiazole rings is 1. The fraction of sp³-hybridized carbons (Fsp3) is 0.500. The molecular weight excluding hydrogens is 301 g/mol. The first kappa shape index (κ1) is 16.0. The summed E-state index contributed by atoms with van der Waals surface area (Å²) in [6.07, 6.45) is -4.94. The molecule has 7 heteroatoms. The van der Waals surface area contributed by atoms with E-state index in [2.05, 4.69) is 10.3 Å². The Balaban J connectivity index is 2.16. The Kier molecular flexibility index (Phi) is 4.17. The zero-order chi connectivity index (χ0) is 15.8. The third-order valence-corrected chi connectivity index (χ3v) is 4.16. The highest BCUT2D eigenvalue weighted by atomic mass is 32.1. The van der Waals surface area contributed by atoms with Gasteiger partial charge < -0.3 is 10.4 Å². The number of benzene rings is 1. The number of nitrogens with zero attached hydrogens (tertiary/aromatic N) is 1. The summed E-state index contributed by atoms with van der Waals surface area (Å²) in [5, 5.41) is 13.4. The van der Waals surface area contributed by atoms with Gasteiger partial charge in [-0.1, -0.05) is 32.1 Å². The average Bonchev–Trinajstić information content (AvgIpc) is 2.75. The molecule has 3 nitrogen and oxygen atoms in total. The lowest BCUT2D eigenvalue weighted by Crippen LogP contribution is -2.32. The summed E-state index contributed by atoms with van der Waals surface area (Å²) in [6, 6.07) is 3.51. The van der Waals surface area contributed by atoms with Gasteiger partial charge in [-0.25, -0.2) is 4.98 Å². The Morgan fingerprint density at radius 1 is 1.29 bits per heavy atom. The largest absolute Gasteiger partial charge is 0.416 e. The molecule has 0 saturated carbocycles. The summed E-state index contributed by atoms with van der Waals surface area (Å²) in [6.45, 7) is 6.03. The number of fused-ring (bicyclic) bond motifs is 1. The van der Waals surface area contributed by atoms with Crippen LogP contribution in [0.3, 0.4) is 0 Å². The van der Waals surface area contributed by atoms with Gasteiger partial charge in [0.25, 0.3) is 0 Å². The fourth-order valence-electron chi connectivity index (χ4n) is 1.67. The molecule has 2 aromatic rings. The molecule has 0 aliphatic rings. The number of aromatic nitrogens is 1. The number of anilines is 1. The molecule has 1 unspecified atom stereocenters. The SMILES string of the molecule is CC(C)(C)C(O)CNc1nc2cc(C(F)(F)F)ccc2s1. The van der Waals surface area contributed by atoms with Crippen LogP contribution in [0, 0.1) is 5.41 Å². The molecule has 0 saturated heterocycles. The molecule has 116 valence electrons. The molecule has 0 radical (unpaired) electrons. The minimum atomic E-state index is -4.37. The number of aliphatic hydroxyl groups is 1. The highest BCUT2D eigenvalue weighted by Gasteiger charge is 2.30. The number of aliphatic hydroxyl groups excluding tert-OH is 1. The maximum Gasteiger partial charge on any atom is 0.416 e. The zero-order valence-corrected chi connectivity index (χ0v) is 12.8. The Labute approximate surface area is 124 Å². The smallest absolute Gasteiger partial charge is 0.391 e. The van der Waals surface area contributed by atoms with Gasteiger partial charge in [-0.3, -0.25) is 0 Å². The van der Waals surface area contributed by atoms with Crippen LogP contribution in [0.1, 0.15) is 26.3 Å². The van der Waals surface area contributed by atoms with Gasteiger partial charge in [0, 0.05) is 6.54 Å². The lowest BCUT2D eigenvalue weighted by atomic mass is 9.89. The van der Waals surface area contributed by atoms with Crippen molar-refractivity contribution in [1.29, 1.82) is 0 Å². The number of nitrogens with one attached hydrogen (secondary N) is 1. The predicted octanol–water partition coefficient (Wildman–Crippen LogP) is 4.13. The topological polar surface area (TPSA) is 45.1 Å². The number of rotatable bonds is 3. The van der Waals surface area contributed by atoms with Crippen molar-refractivity contribution < 1.29 is 18.3 Å². The van der Waals surface area contributed by atoms with E-state index < -0.39 is 17.8 Å². The van der Waals surface area contributed by atoms with Crippen molar-refractivity contribution >= 4 is 26.7 Å². The summed E-state index contributed by atoms with van der Waals surface area (Å²) in [4.78, 5) is 4.14. The number of hydrogen-bond donors (Lipinski definition) is 2. The number of hydrogen-bond acceptors (Lipinski definition) is 4. The number of halogens is 3. The molecule has 21 heavy (non-hydrogen) atoms. The molecular formula is C14H17F3N2OS. The number of alkyl halides is 3. The zero-order valence-electron chi connectivity index (χ0n) is 12.0. The van der Waals surface area contributed by atoms with E-state index in [1.807, 2.05) is 20.8 Å². The van der Waals surface area contributed by atoms with Crippen LogP contribution in [0.4, 0.5) is 18.3 Å². The summed E-state index contributed by atoms with van der Waals surface area (Å²) in [7, 11) is 0. The van der Waals surface area contributed by atoms with E-state index >= 15 is 0 Å². The van der Waals surface area contributed by atoms with E-state index in [4.69, 9.17) is 0 Å². The average molecular weight is 318 g/mol. The van der Waals surface area contributed by atoms with E-state index in [1.54, 1.807) is 0 Å². The van der Waals surface area contributed by atoms with Crippen molar-refractivity contribution in [2.24, 2.45) is 5.41 Å². The van der Waals surface area contributed by atoms with E-state index in [9.17, 15) is 18.3 Å². The van der Waals surface area contributed by atoms with Gasteiger partial charge in [0.05, 0.1) is 21.9 Å². The second-order valence-electron chi connectivity index (χ2n) is 5.96.